The van der Waals surface area contributed by atoms with Gasteiger partial charge < -0.3 is 10.1 Å². The number of ether oxygens (including phenoxy) is 1. The van der Waals surface area contributed by atoms with Crippen molar-refractivity contribution in [3.8, 4) is 6.01 Å². The largest absolute Gasteiger partial charge is 0.467 e. The molecule has 0 unspecified atom stereocenters. The standard InChI is InChI=1S/C10H13N3OS/c1-6(2)11-8-7-4-5-15-9(7)13-10(12-8)14-3/h4-6H,1-3H3,(H,11,12,13). The van der Waals surface area contributed by atoms with Crippen LogP contribution in [0.2, 0.25) is 0 Å². The predicted molar refractivity (Wildman–Crippen MR) is 62.7 cm³/mol. The fourth-order valence-electron chi connectivity index (χ4n) is 1.31. The van der Waals surface area contributed by atoms with Gasteiger partial charge in [0, 0.05) is 6.04 Å². The first kappa shape index (κ1) is 10.2. The smallest absolute Gasteiger partial charge is 0.319 e. The Morgan fingerprint density at radius 1 is 1.40 bits per heavy atom. The Morgan fingerprint density at radius 2 is 2.20 bits per heavy atom. The molecular formula is C10H13N3OS. The fourth-order valence-corrected chi connectivity index (χ4v) is 2.07. The van der Waals surface area contributed by atoms with Crippen LogP contribution in [0.1, 0.15) is 13.8 Å². The molecule has 0 spiro atoms. The number of rotatable bonds is 3. The van der Waals surface area contributed by atoms with Gasteiger partial charge in [-0.2, -0.15) is 9.97 Å². The Morgan fingerprint density at radius 3 is 2.87 bits per heavy atom. The van der Waals surface area contributed by atoms with Crippen LogP contribution in [0, 0.1) is 0 Å². The summed E-state index contributed by atoms with van der Waals surface area (Å²) in [6.45, 7) is 4.15. The Labute approximate surface area is 92.3 Å². The van der Waals surface area contributed by atoms with E-state index in [0.29, 0.717) is 12.1 Å². The number of methoxy groups -OCH3 is 1. The summed E-state index contributed by atoms with van der Waals surface area (Å²) in [7, 11) is 1.58. The highest BCUT2D eigenvalue weighted by Crippen LogP contribution is 2.27. The lowest BCUT2D eigenvalue weighted by molar-refractivity contribution is 0.382. The molecule has 80 valence electrons. The van der Waals surface area contributed by atoms with Gasteiger partial charge in [0.15, 0.2) is 0 Å². The minimum absolute atomic E-state index is 0.340. The van der Waals surface area contributed by atoms with E-state index in [9.17, 15) is 0 Å². The number of hydrogen-bond acceptors (Lipinski definition) is 5. The molecular weight excluding hydrogens is 210 g/mol. The third kappa shape index (κ3) is 2.02. The van der Waals surface area contributed by atoms with Crippen molar-refractivity contribution in [1.82, 2.24) is 9.97 Å². The minimum atomic E-state index is 0.340. The van der Waals surface area contributed by atoms with E-state index in [-0.39, 0.29) is 0 Å². The average molecular weight is 223 g/mol. The van der Waals surface area contributed by atoms with Gasteiger partial charge in [0.05, 0.1) is 12.5 Å². The molecule has 0 aliphatic carbocycles. The van der Waals surface area contributed by atoms with Gasteiger partial charge in [-0.3, -0.25) is 0 Å². The van der Waals surface area contributed by atoms with Crippen molar-refractivity contribution in [3.63, 3.8) is 0 Å². The molecule has 0 saturated carbocycles. The first-order chi connectivity index (χ1) is 7.20. The molecule has 5 heteroatoms. The monoisotopic (exact) mass is 223 g/mol. The van der Waals surface area contributed by atoms with Crippen molar-refractivity contribution in [1.29, 1.82) is 0 Å². The molecule has 0 saturated heterocycles. The van der Waals surface area contributed by atoms with Gasteiger partial charge >= 0.3 is 6.01 Å². The summed E-state index contributed by atoms with van der Waals surface area (Å²) < 4.78 is 5.06. The second kappa shape index (κ2) is 4.02. The van der Waals surface area contributed by atoms with Crippen molar-refractivity contribution in [3.05, 3.63) is 11.4 Å². The van der Waals surface area contributed by atoms with Crippen LogP contribution in [0.4, 0.5) is 5.82 Å². The molecule has 2 aromatic heterocycles. The minimum Gasteiger partial charge on any atom is -0.467 e. The molecule has 0 atom stereocenters. The van der Waals surface area contributed by atoms with Gasteiger partial charge in [-0.1, -0.05) is 0 Å². The molecule has 0 amide bonds. The fraction of sp³-hybridized carbons (Fsp3) is 0.400. The maximum absolute atomic E-state index is 5.06. The summed E-state index contributed by atoms with van der Waals surface area (Å²) in [5.74, 6) is 0.841. The maximum atomic E-state index is 5.06. The molecule has 0 radical (unpaired) electrons. The van der Waals surface area contributed by atoms with Crippen molar-refractivity contribution >= 4 is 27.4 Å². The molecule has 0 bridgehead atoms. The lowest BCUT2D eigenvalue weighted by Gasteiger charge is -2.10. The van der Waals surface area contributed by atoms with Gasteiger partial charge in [-0.05, 0) is 25.3 Å². The van der Waals surface area contributed by atoms with Gasteiger partial charge in [-0.25, -0.2) is 0 Å². The van der Waals surface area contributed by atoms with Crippen LogP contribution in [-0.4, -0.2) is 23.1 Å². The van der Waals surface area contributed by atoms with Gasteiger partial charge in [-0.15, -0.1) is 11.3 Å². The number of anilines is 1. The predicted octanol–water partition coefficient (Wildman–Crippen LogP) is 2.52. The second-order valence-electron chi connectivity index (χ2n) is 3.50. The third-order valence-electron chi connectivity index (χ3n) is 1.91. The quantitative estimate of drug-likeness (QED) is 0.868. The number of nitrogens with one attached hydrogen (secondary N) is 1. The van der Waals surface area contributed by atoms with Crippen LogP contribution in [0.25, 0.3) is 10.2 Å². The van der Waals surface area contributed by atoms with Crippen LogP contribution < -0.4 is 10.1 Å². The number of nitrogens with zero attached hydrogens (tertiary/aromatic N) is 2. The molecule has 2 heterocycles. The van der Waals surface area contributed by atoms with Crippen molar-refractivity contribution in [2.45, 2.75) is 19.9 Å². The number of aromatic nitrogens is 2. The summed E-state index contributed by atoms with van der Waals surface area (Å²) in [6.07, 6.45) is 0. The molecule has 0 aliphatic rings. The van der Waals surface area contributed by atoms with Crippen molar-refractivity contribution in [2.75, 3.05) is 12.4 Å². The van der Waals surface area contributed by atoms with E-state index in [4.69, 9.17) is 4.74 Å². The third-order valence-corrected chi connectivity index (χ3v) is 2.72. The van der Waals surface area contributed by atoms with Gasteiger partial charge in [0.1, 0.15) is 10.6 Å². The highest BCUT2D eigenvalue weighted by Gasteiger charge is 2.09. The number of thiophene rings is 1. The molecule has 0 fully saturated rings. The summed E-state index contributed by atoms with van der Waals surface area (Å²) in [6, 6.07) is 2.77. The van der Waals surface area contributed by atoms with Crippen LogP contribution in [-0.2, 0) is 0 Å². The van der Waals surface area contributed by atoms with E-state index in [1.165, 1.54) is 0 Å². The summed E-state index contributed by atoms with van der Waals surface area (Å²) in [5.41, 5.74) is 0. The van der Waals surface area contributed by atoms with Crippen molar-refractivity contribution in [2.24, 2.45) is 0 Å². The Bertz CT molecular complexity index is 467. The summed E-state index contributed by atoms with van der Waals surface area (Å²) in [4.78, 5) is 9.51. The maximum Gasteiger partial charge on any atom is 0.319 e. The highest BCUT2D eigenvalue weighted by atomic mass is 32.1. The highest BCUT2D eigenvalue weighted by molar-refractivity contribution is 7.16. The zero-order valence-corrected chi connectivity index (χ0v) is 9.76. The van der Waals surface area contributed by atoms with E-state index in [2.05, 4.69) is 29.1 Å². The summed E-state index contributed by atoms with van der Waals surface area (Å²) >= 11 is 1.59. The Kier molecular flexibility index (Phi) is 2.73. The molecule has 1 N–H and O–H groups in total. The number of hydrogen-bond donors (Lipinski definition) is 1. The molecule has 0 aromatic carbocycles. The zero-order chi connectivity index (χ0) is 10.8. The van der Waals surface area contributed by atoms with E-state index in [0.717, 1.165) is 16.0 Å². The van der Waals surface area contributed by atoms with Crippen LogP contribution in [0.3, 0.4) is 0 Å². The topological polar surface area (TPSA) is 47.0 Å². The molecule has 15 heavy (non-hydrogen) atoms. The molecule has 4 nitrogen and oxygen atoms in total. The lowest BCUT2D eigenvalue weighted by Crippen LogP contribution is -2.11. The Balaban J connectivity index is 2.53. The molecule has 0 aliphatic heterocycles. The molecule has 2 aromatic rings. The average Bonchev–Trinajstić information content (AvgIpc) is 2.64. The molecule has 2 rings (SSSR count). The SMILES string of the molecule is COc1nc(NC(C)C)c2ccsc2n1. The van der Waals surface area contributed by atoms with Crippen molar-refractivity contribution < 1.29 is 4.74 Å². The van der Waals surface area contributed by atoms with Crippen LogP contribution >= 0.6 is 11.3 Å². The number of fused-ring (bicyclic) bond motifs is 1. The zero-order valence-electron chi connectivity index (χ0n) is 8.94. The van der Waals surface area contributed by atoms with Crippen LogP contribution in [0.15, 0.2) is 11.4 Å². The first-order valence-electron chi connectivity index (χ1n) is 4.76. The van der Waals surface area contributed by atoms with Crippen LogP contribution in [0.5, 0.6) is 6.01 Å². The second-order valence-corrected chi connectivity index (χ2v) is 4.39. The van der Waals surface area contributed by atoms with Gasteiger partial charge in [0.2, 0.25) is 0 Å². The normalized spacial score (nSPS) is 10.9. The Hall–Kier alpha value is -1.36. The lowest BCUT2D eigenvalue weighted by atomic mass is 10.3. The van der Waals surface area contributed by atoms with Gasteiger partial charge in [0.25, 0.3) is 0 Å². The van der Waals surface area contributed by atoms with E-state index in [1.807, 2.05) is 11.4 Å². The van der Waals surface area contributed by atoms with E-state index in [1.54, 1.807) is 18.4 Å². The van der Waals surface area contributed by atoms with E-state index >= 15 is 0 Å². The van der Waals surface area contributed by atoms with E-state index < -0.39 is 0 Å². The summed E-state index contributed by atoms with van der Waals surface area (Å²) in [5, 5.41) is 6.34. The first-order valence-corrected chi connectivity index (χ1v) is 5.64.